The molecule has 0 saturated heterocycles. The van der Waals surface area contributed by atoms with Crippen molar-refractivity contribution >= 4 is 16.0 Å². The Labute approximate surface area is 57.8 Å². The fourth-order valence-corrected chi connectivity index (χ4v) is 0.775. The van der Waals surface area contributed by atoms with Crippen LogP contribution in [0.4, 0.5) is 0 Å². The number of hydrogen-bond acceptors (Lipinski definition) is 0. The molecule has 0 bridgehead atoms. The van der Waals surface area contributed by atoms with Crippen LogP contribution in [0.15, 0.2) is 34.9 Å². The molecule has 1 radical (unpaired) electrons. The average Bonchev–Trinajstić information content (AvgIpc) is 1.77. The van der Waals surface area contributed by atoms with Crippen molar-refractivity contribution in [2.75, 3.05) is 0 Å². The molecule has 0 saturated carbocycles. The van der Waals surface area contributed by atoms with Gasteiger partial charge < -0.3 is 0 Å². The Morgan fingerprint density at radius 1 is 1.50 bits per heavy atom. The van der Waals surface area contributed by atoms with Gasteiger partial charge in [-0.3, -0.25) is 0 Å². The minimum absolute atomic E-state index is 1.06. The fraction of sp³-hybridized carbons (Fsp3) is 0. The van der Waals surface area contributed by atoms with E-state index in [4.69, 9.17) is 0 Å². The van der Waals surface area contributed by atoms with Crippen LogP contribution in [0.2, 0.25) is 0 Å². The molecule has 0 heterocycles. The molecular weight excluding hydrogens is 163 g/mol. The summed E-state index contributed by atoms with van der Waals surface area (Å²) in [6.07, 6.45) is 7.96. The zero-order chi connectivity index (χ0) is 5.98. The summed E-state index contributed by atoms with van der Waals surface area (Å²) in [6.45, 7) is 3.75. The zero-order valence-corrected chi connectivity index (χ0v) is 6.14. The van der Waals surface area contributed by atoms with Crippen molar-refractivity contribution in [1.82, 2.24) is 0 Å². The van der Waals surface area contributed by atoms with E-state index >= 15 is 0 Å². The Morgan fingerprint density at radius 3 is 2.62 bits per heavy atom. The van der Waals surface area contributed by atoms with Gasteiger partial charge >= 0.3 is 57.3 Å². The summed E-state index contributed by atoms with van der Waals surface area (Å²) in [5.41, 5.74) is 1.06. The van der Waals surface area contributed by atoms with E-state index < -0.39 is 0 Å². The van der Waals surface area contributed by atoms with Gasteiger partial charge in [0, 0.05) is 0 Å². The van der Waals surface area contributed by atoms with E-state index in [0.717, 1.165) is 10.0 Å². The van der Waals surface area contributed by atoms with E-state index in [1.165, 1.54) is 0 Å². The SMILES string of the molecule is C=C1C=CC([Se])=C[CH-]1. The van der Waals surface area contributed by atoms with Gasteiger partial charge in [0.05, 0.1) is 0 Å². The third-order valence-electron chi connectivity index (χ3n) is 0.923. The monoisotopic (exact) mass is 170 g/mol. The molecule has 1 heteroatoms. The van der Waals surface area contributed by atoms with Gasteiger partial charge in [0.15, 0.2) is 0 Å². The molecule has 1 aliphatic rings. The fourth-order valence-electron chi connectivity index (χ4n) is 0.489. The van der Waals surface area contributed by atoms with Crippen LogP contribution in [0.25, 0.3) is 0 Å². The molecule has 0 nitrogen and oxygen atoms in total. The van der Waals surface area contributed by atoms with Crippen LogP contribution in [-0.4, -0.2) is 16.0 Å². The van der Waals surface area contributed by atoms with E-state index in [0.29, 0.717) is 0 Å². The summed E-state index contributed by atoms with van der Waals surface area (Å²) in [6, 6.07) is 0. The van der Waals surface area contributed by atoms with Crippen molar-refractivity contribution in [1.29, 1.82) is 0 Å². The Bertz CT molecular complexity index is 160. The van der Waals surface area contributed by atoms with Crippen LogP contribution in [0.3, 0.4) is 0 Å². The topological polar surface area (TPSA) is 0 Å². The predicted molar refractivity (Wildman–Crippen MR) is 36.4 cm³/mol. The molecule has 0 spiro atoms. The molecule has 0 aliphatic heterocycles. The second-order valence-electron chi connectivity index (χ2n) is 1.64. The summed E-state index contributed by atoms with van der Waals surface area (Å²) in [7, 11) is 0. The van der Waals surface area contributed by atoms with Gasteiger partial charge in [0.2, 0.25) is 0 Å². The van der Waals surface area contributed by atoms with Crippen LogP contribution < -0.4 is 0 Å². The van der Waals surface area contributed by atoms with E-state index in [1.807, 2.05) is 24.6 Å². The molecule has 1 aliphatic carbocycles. The van der Waals surface area contributed by atoms with Gasteiger partial charge in [0.1, 0.15) is 0 Å². The number of hydrogen-bond donors (Lipinski definition) is 0. The third-order valence-corrected chi connectivity index (χ3v) is 1.49. The first-order chi connectivity index (χ1) is 3.79. The van der Waals surface area contributed by atoms with Crippen LogP contribution in [0, 0.1) is 6.42 Å². The van der Waals surface area contributed by atoms with Gasteiger partial charge in [-0.05, 0) is 0 Å². The summed E-state index contributed by atoms with van der Waals surface area (Å²) in [5, 5.41) is 0. The van der Waals surface area contributed by atoms with E-state index in [2.05, 4.69) is 22.6 Å². The Morgan fingerprint density at radius 2 is 2.25 bits per heavy atom. The summed E-state index contributed by atoms with van der Waals surface area (Å²) < 4.78 is 1.16. The van der Waals surface area contributed by atoms with Crippen molar-refractivity contribution in [2.24, 2.45) is 0 Å². The molecule has 0 N–H and O–H groups in total. The van der Waals surface area contributed by atoms with Crippen molar-refractivity contribution < 1.29 is 0 Å². The third kappa shape index (κ3) is 1.29. The molecule has 0 fully saturated rings. The molecule has 0 aromatic heterocycles. The van der Waals surface area contributed by atoms with Crippen LogP contribution in [-0.2, 0) is 0 Å². The summed E-state index contributed by atoms with van der Waals surface area (Å²) in [4.78, 5) is 0. The number of rotatable bonds is 0. The molecule has 0 aromatic rings. The van der Waals surface area contributed by atoms with Gasteiger partial charge in [-0.15, -0.1) is 0 Å². The predicted octanol–water partition coefficient (Wildman–Crippen LogP) is 1.37. The van der Waals surface area contributed by atoms with Gasteiger partial charge in [-0.1, -0.05) is 0 Å². The molecule has 0 aromatic carbocycles. The second kappa shape index (κ2) is 2.25. The van der Waals surface area contributed by atoms with Crippen molar-refractivity contribution in [2.45, 2.75) is 0 Å². The van der Waals surface area contributed by atoms with Crippen LogP contribution in [0.1, 0.15) is 0 Å². The summed E-state index contributed by atoms with van der Waals surface area (Å²) >= 11 is 2.90. The molecule has 8 heavy (non-hydrogen) atoms. The van der Waals surface area contributed by atoms with Crippen LogP contribution in [0.5, 0.6) is 0 Å². The van der Waals surface area contributed by atoms with Crippen molar-refractivity contribution in [3.63, 3.8) is 0 Å². The first-order valence-corrected chi connectivity index (χ1v) is 3.24. The maximum absolute atomic E-state index is 3.75. The molecule has 0 unspecified atom stereocenters. The second-order valence-corrected chi connectivity index (χ2v) is 2.63. The maximum atomic E-state index is 3.75. The van der Waals surface area contributed by atoms with E-state index in [-0.39, 0.29) is 0 Å². The molecule has 0 atom stereocenters. The summed E-state index contributed by atoms with van der Waals surface area (Å²) in [5.74, 6) is 0. The first-order valence-electron chi connectivity index (χ1n) is 2.38. The zero-order valence-electron chi connectivity index (χ0n) is 4.42. The first kappa shape index (κ1) is 5.74. The van der Waals surface area contributed by atoms with Crippen molar-refractivity contribution in [3.05, 3.63) is 41.3 Å². The molecule has 0 amide bonds. The Hall–Kier alpha value is -0.391. The standard InChI is InChI=1S/C7H6Se/c1-6-2-4-7(8)5-3-6/h2-5H,1H2/q-1. The average molecular weight is 169 g/mol. The Kier molecular flexibility index (Phi) is 1.62. The molecule has 1 rings (SSSR count). The number of allylic oxidation sites excluding steroid dienone is 5. The normalized spacial score (nSPS) is 17.5. The molecular formula is C7H6Se-. The van der Waals surface area contributed by atoms with Crippen molar-refractivity contribution in [3.8, 4) is 0 Å². The minimum atomic E-state index is 1.06. The van der Waals surface area contributed by atoms with Gasteiger partial charge in [-0.2, -0.15) is 0 Å². The van der Waals surface area contributed by atoms with E-state index in [1.54, 1.807) is 0 Å². The molecule has 41 valence electrons. The van der Waals surface area contributed by atoms with Gasteiger partial charge in [-0.25, -0.2) is 0 Å². The van der Waals surface area contributed by atoms with Crippen LogP contribution >= 0.6 is 0 Å². The Balaban J connectivity index is 2.71. The van der Waals surface area contributed by atoms with Gasteiger partial charge in [0.25, 0.3) is 0 Å². The quantitative estimate of drug-likeness (QED) is 0.379. The van der Waals surface area contributed by atoms with E-state index in [9.17, 15) is 0 Å².